The van der Waals surface area contributed by atoms with Crippen LogP contribution in [-0.2, 0) is 9.47 Å². The lowest BCUT2D eigenvalue weighted by atomic mass is 9.92. The summed E-state index contributed by atoms with van der Waals surface area (Å²) in [5, 5.41) is 26.8. The highest BCUT2D eigenvalue weighted by atomic mass is 16.5. The number of aliphatic hydroxyl groups excluding tert-OH is 2. The van der Waals surface area contributed by atoms with E-state index in [1.807, 2.05) is 6.07 Å². The van der Waals surface area contributed by atoms with Crippen molar-refractivity contribution < 1.29 is 19.7 Å². The van der Waals surface area contributed by atoms with Crippen molar-refractivity contribution >= 4 is 0 Å². The van der Waals surface area contributed by atoms with E-state index in [9.17, 15) is 10.2 Å². The highest BCUT2D eigenvalue weighted by molar-refractivity contribution is 4.78. The Morgan fingerprint density at radius 1 is 1.18 bits per heavy atom. The summed E-state index contributed by atoms with van der Waals surface area (Å²) in [4.78, 5) is 3.13. The van der Waals surface area contributed by atoms with Crippen LogP contribution in [0.2, 0.25) is 0 Å². The van der Waals surface area contributed by atoms with Crippen molar-refractivity contribution in [1.82, 2.24) is 0 Å². The molecule has 0 rings (SSSR count). The van der Waals surface area contributed by atoms with Crippen LogP contribution in [0.5, 0.6) is 0 Å². The molecule has 0 aliphatic rings. The normalized spacial score (nSPS) is 10.8. The van der Waals surface area contributed by atoms with Crippen LogP contribution in [0.4, 0.5) is 0 Å². The Labute approximate surface area is 101 Å². The molecule has 0 saturated heterocycles. The molecule has 0 heterocycles. The molecule has 0 aliphatic carbocycles. The summed E-state index contributed by atoms with van der Waals surface area (Å²) < 4.78 is 10.4. The molecular weight excluding hydrogens is 224 g/mol. The van der Waals surface area contributed by atoms with Gasteiger partial charge in [0.2, 0.25) is 6.54 Å². The Balaban J connectivity index is 3.98. The van der Waals surface area contributed by atoms with Gasteiger partial charge in [0.25, 0.3) is 0 Å². The highest BCUT2D eigenvalue weighted by Gasteiger charge is 2.29. The minimum absolute atomic E-state index is 0.125. The molecule has 2 N–H and O–H groups in total. The smallest absolute Gasteiger partial charge is 0.237 e. The molecule has 0 spiro atoms. The average molecular weight is 242 g/mol. The van der Waals surface area contributed by atoms with Gasteiger partial charge in [0.1, 0.15) is 6.61 Å². The molecule has 0 aliphatic heterocycles. The van der Waals surface area contributed by atoms with Crippen LogP contribution in [0.15, 0.2) is 0 Å². The lowest BCUT2D eigenvalue weighted by molar-refractivity contribution is -0.0744. The molecule has 17 heavy (non-hydrogen) atoms. The number of ether oxygens (including phenoxy) is 2. The molecule has 6 nitrogen and oxygen atoms in total. The van der Waals surface area contributed by atoms with Crippen molar-refractivity contribution in [3.05, 3.63) is 11.4 Å². The van der Waals surface area contributed by atoms with Crippen LogP contribution in [0.1, 0.15) is 6.42 Å². The third kappa shape index (κ3) is 6.88. The van der Waals surface area contributed by atoms with E-state index < -0.39 is 5.41 Å². The van der Waals surface area contributed by atoms with Gasteiger partial charge in [0, 0.05) is 0 Å². The number of aliphatic hydroxyl groups is 2. The zero-order chi connectivity index (χ0) is 13.0. The van der Waals surface area contributed by atoms with Crippen LogP contribution in [-0.4, -0.2) is 56.4 Å². The van der Waals surface area contributed by atoms with Gasteiger partial charge in [0.15, 0.2) is 0 Å². The van der Waals surface area contributed by atoms with Crippen LogP contribution in [0.3, 0.4) is 0 Å². The molecular formula is C11H18N2O4. The number of rotatable bonds is 10. The zero-order valence-electron chi connectivity index (χ0n) is 9.76. The average Bonchev–Trinajstić information content (AvgIpc) is 2.37. The third-order valence-corrected chi connectivity index (χ3v) is 2.19. The van der Waals surface area contributed by atoms with Gasteiger partial charge >= 0.3 is 0 Å². The monoisotopic (exact) mass is 242 g/mol. The van der Waals surface area contributed by atoms with Gasteiger partial charge in [-0.3, -0.25) is 0 Å². The van der Waals surface area contributed by atoms with Gasteiger partial charge < -0.3 is 24.5 Å². The van der Waals surface area contributed by atoms with Crippen LogP contribution in [0.25, 0.3) is 4.85 Å². The van der Waals surface area contributed by atoms with Crippen LogP contribution >= 0.6 is 0 Å². The Morgan fingerprint density at radius 2 is 1.76 bits per heavy atom. The maximum absolute atomic E-state index is 9.24. The van der Waals surface area contributed by atoms with Gasteiger partial charge in [0.05, 0.1) is 50.9 Å². The summed E-state index contributed by atoms with van der Waals surface area (Å²) >= 11 is 0. The molecule has 6 heteroatoms. The van der Waals surface area contributed by atoms with Gasteiger partial charge in [-0.2, -0.15) is 5.26 Å². The number of hydrogen-bond acceptors (Lipinski definition) is 5. The summed E-state index contributed by atoms with van der Waals surface area (Å²) in [6.07, 6.45) is 0.269. The summed E-state index contributed by atoms with van der Waals surface area (Å²) in [7, 11) is 0. The molecule has 0 fully saturated rings. The lowest BCUT2D eigenvalue weighted by Crippen LogP contribution is -2.40. The van der Waals surface area contributed by atoms with Gasteiger partial charge in [-0.05, 0) is 0 Å². The second-order valence-electron chi connectivity index (χ2n) is 3.71. The fourth-order valence-corrected chi connectivity index (χ4v) is 1.08. The second-order valence-corrected chi connectivity index (χ2v) is 3.71. The van der Waals surface area contributed by atoms with E-state index in [4.69, 9.17) is 21.3 Å². The summed E-state index contributed by atoms with van der Waals surface area (Å²) in [5.41, 5.74) is -0.864. The molecule has 96 valence electrons. The predicted molar refractivity (Wildman–Crippen MR) is 59.9 cm³/mol. The molecule has 0 aromatic carbocycles. The minimum Gasteiger partial charge on any atom is -0.396 e. The van der Waals surface area contributed by atoms with Crippen LogP contribution in [0, 0.1) is 23.3 Å². The lowest BCUT2D eigenvalue weighted by Gasteiger charge is -2.28. The van der Waals surface area contributed by atoms with Crippen molar-refractivity contribution in [2.75, 3.05) is 46.2 Å². The largest absolute Gasteiger partial charge is 0.396 e. The van der Waals surface area contributed by atoms with E-state index in [0.717, 1.165) is 0 Å². The maximum atomic E-state index is 9.24. The van der Waals surface area contributed by atoms with Crippen LogP contribution < -0.4 is 0 Å². The summed E-state index contributed by atoms with van der Waals surface area (Å²) in [6.45, 7) is 7.07. The highest BCUT2D eigenvalue weighted by Crippen LogP contribution is 2.17. The van der Waals surface area contributed by atoms with E-state index in [-0.39, 0.29) is 52.6 Å². The van der Waals surface area contributed by atoms with Crippen molar-refractivity contribution in [3.63, 3.8) is 0 Å². The van der Waals surface area contributed by atoms with E-state index in [1.165, 1.54) is 0 Å². The number of nitriles is 1. The quantitative estimate of drug-likeness (QED) is 0.410. The van der Waals surface area contributed by atoms with E-state index >= 15 is 0 Å². The van der Waals surface area contributed by atoms with Crippen molar-refractivity contribution in [2.24, 2.45) is 5.41 Å². The Hall–Kier alpha value is -1.18. The summed E-state index contributed by atoms with van der Waals surface area (Å²) in [5.74, 6) is 0. The first-order valence-corrected chi connectivity index (χ1v) is 5.32. The molecule has 0 aromatic rings. The molecule has 0 atom stereocenters. The van der Waals surface area contributed by atoms with Gasteiger partial charge in [-0.25, -0.2) is 6.57 Å². The standard InChI is InChI=1S/C11H18N2O4/c1-13-4-6-17-10-11(7-14,8-15)9-16-5-2-3-12/h14-15H,2,4-10H2. The Kier molecular flexibility index (Phi) is 9.31. The van der Waals surface area contributed by atoms with Crippen molar-refractivity contribution in [1.29, 1.82) is 5.26 Å². The Bertz CT molecular complexity index is 242. The first kappa shape index (κ1) is 15.8. The number of nitrogens with zero attached hydrogens (tertiary/aromatic N) is 2. The van der Waals surface area contributed by atoms with Gasteiger partial charge in [-0.1, -0.05) is 0 Å². The topological polar surface area (TPSA) is 87.1 Å². The van der Waals surface area contributed by atoms with E-state index in [1.54, 1.807) is 0 Å². The fourth-order valence-electron chi connectivity index (χ4n) is 1.08. The molecule has 0 aromatic heterocycles. The summed E-state index contributed by atoms with van der Waals surface area (Å²) in [6, 6.07) is 1.94. The molecule has 0 amide bonds. The minimum atomic E-state index is -0.864. The molecule has 0 radical (unpaired) electrons. The number of hydrogen-bond donors (Lipinski definition) is 2. The fraction of sp³-hybridized carbons (Fsp3) is 0.818. The van der Waals surface area contributed by atoms with Crippen molar-refractivity contribution in [3.8, 4) is 6.07 Å². The first-order chi connectivity index (χ1) is 8.24. The SMILES string of the molecule is [C-]#[N+]CCOCC(CO)(CO)COCCC#N. The van der Waals surface area contributed by atoms with Crippen molar-refractivity contribution in [2.45, 2.75) is 6.42 Å². The predicted octanol–water partition coefficient (Wildman–Crippen LogP) is -0.176. The second kappa shape index (κ2) is 10.0. The molecule has 0 saturated carbocycles. The molecule has 0 bridgehead atoms. The maximum Gasteiger partial charge on any atom is 0.237 e. The zero-order valence-corrected chi connectivity index (χ0v) is 9.76. The van der Waals surface area contributed by atoms with E-state index in [2.05, 4.69) is 4.85 Å². The van der Waals surface area contributed by atoms with Gasteiger partial charge in [-0.15, -0.1) is 0 Å². The third-order valence-electron chi connectivity index (χ3n) is 2.19. The first-order valence-electron chi connectivity index (χ1n) is 5.32. The molecule has 0 unspecified atom stereocenters. The van der Waals surface area contributed by atoms with E-state index in [0.29, 0.717) is 0 Å². The Morgan fingerprint density at radius 3 is 2.24 bits per heavy atom.